The maximum atomic E-state index is 12.2. The molecule has 5 heteroatoms. The third kappa shape index (κ3) is 5.79. The quantitative estimate of drug-likeness (QED) is 0.443. The van der Waals surface area contributed by atoms with E-state index < -0.39 is 0 Å². The van der Waals surface area contributed by atoms with E-state index >= 15 is 0 Å². The second kappa shape index (κ2) is 9.14. The number of carbonyl (C=O) groups is 1. The molecule has 0 saturated heterocycles. The molecule has 0 radical (unpaired) electrons. The van der Waals surface area contributed by atoms with Crippen LogP contribution in [-0.4, -0.2) is 12.1 Å². The van der Waals surface area contributed by atoms with E-state index in [-0.39, 0.29) is 5.91 Å². The summed E-state index contributed by atoms with van der Waals surface area (Å²) in [6, 6.07) is 22.8. The van der Waals surface area contributed by atoms with Gasteiger partial charge in [0.1, 0.15) is 12.4 Å². The summed E-state index contributed by atoms with van der Waals surface area (Å²) < 4.78 is 6.70. The van der Waals surface area contributed by atoms with Crippen molar-refractivity contribution in [3.05, 3.63) is 99.5 Å². The van der Waals surface area contributed by atoms with Gasteiger partial charge in [-0.3, -0.25) is 4.79 Å². The molecule has 3 aromatic rings. The van der Waals surface area contributed by atoms with Crippen LogP contribution >= 0.6 is 15.9 Å². The lowest BCUT2D eigenvalue weighted by atomic mass is 10.1. The van der Waals surface area contributed by atoms with Crippen molar-refractivity contribution in [2.24, 2.45) is 5.10 Å². The van der Waals surface area contributed by atoms with Crippen LogP contribution < -0.4 is 10.2 Å². The summed E-state index contributed by atoms with van der Waals surface area (Å²) in [6.07, 6.45) is 1.60. The lowest BCUT2D eigenvalue weighted by Gasteiger charge is -2.07. The molecular weight excluding hydrogens is 404 g/mol. The molecule has 0 spiro atoms. The molecule has 3 rings (SSSR count). The van der Waals surface area contributed by atoms with Gasteiger partial charge in [0.05, 0.1) is 6.21 Å². The first-order valence-electron chi connectivity index (χ1n) is 8.47. The molecule has 0 aliphatic rings. The molecule has 0 bridgehead atoms. The molecule has 0 aliphatic heterocycles. The van der Waals surface area contributed by atoms with Gasteiger partial charge in [0.15, 0.2) is 0 Å². The average molecular weight is 423 g/mol. The van der Waals surface area contributed by atoms with Gasteiger partial charge in [-0.1, -0.05) is 57.9 Å². The largest absolute Gasteiger partial charge is 0.489 e. The predicted molar refractivity (Wildman–Crippen MR) is 111 cm³/mol. The fourth-order valence-corrected chi connectivity index (χ4v) is 2.79. The van der Waals surface area contributed by atoms with Gasteiger partial charge < -0.3 is 4.74 Å². The molecule has 1 N–H and O–H groups in total. The topological polar surface area (TPSA) is 50.7 Å². The molecule has 0 heterocycles. The summed E-state index contributed by atoms with van der Waals surface area (Å²) >= 11 is 3.40. The molecule has 0 unspecified atom stereocenters. The maximum absolute atomic E-state index is 12.2. The van der Waals surface area contributed by atoms with Gasteiger partial charge in [0.25, 0.3) is 5.91 Å². The number of hydrazone groups is 1. The van der Waals surface area contributed by atoms with Crippen molar-refractivity contribution in [3.63, 3.8) is 0 Å². The standard InChI is InChI=1S/C22H19BrN2O2/c1-16-5-11-21(12-6-16)27-15-17-7-9-19(10-8-17)22(26)25-24-14-18-3-2-4-20(23)13-18/h2-14H,15H2,1H3,(H,25,26)/b24-14+. The number of ether oxygens (including phenoxy) is 1. The fourth-order valence-electron chi connectivity index (χ4n) is 2.37. The van der Waals surface area contributed by atoms with E-state index in [2.05, 4.69) is 26.5 Å². The van der Waals surface area contributed by atoms with E-state index in [0.717, 1.165) is 21.3 Å². The highest BCUT2D eigenvalue weighted by atomic mass is 79.9. The third-order valence-electron chi connectivity index (χ3n) is 3.87. The molecule has 0 aliphatic carbocycles. The summed E-state index contributed by atoms with van der Waals surface area (Å²) in [5, 5.41) is 3.99. The minimum atomic E-state index is -0.257. The first-order chi connectivity index (χ1) is 13.1. The number of benzene rings is 3. The van der Waals surface area contributed by atoms with Gasteiger partial charge in [0, 0.05) is 10.0 Å². The number of hydrogen-bond donors (Lipinski definition) is 1. The van der Waals surface area contributed by atoms with E-state index in [4.69, 9.17) is 4.74 Å². The molecule has 0 saturated carbocycles. The van der Waals surface area contributed by atoms with Crippen molar-refractivity contribution in [1.82, 2.24) is 5.43 Å². The van der Waals surface area contributed by atoms with Gasteiger partial charge in [-0.2, -0.15) is 5.10 Å². The Morgan fingerprint density at radius 3 is 2.52 bits per heavy atom. The summed E-state index contributed by atoms with van der Waals surface area (Å²) in [4.78, 5) is 12.2. The van der Waals surface area contributed by atoms with Crippen molar-refractivity contribution in [2.75, 3.05) is 0 Å². The number of rotatable bonds is 6. The van der Waals surface area contributed by atoms with Crippen LogP contribution in [0, 0.1) is 6.92 Å². The van der Waals surface area contributed by atoms with E-state index in [1.165, 1.54) is 5.56 Å². The van der Waals surface area contributed by atoms with Crippen LogP contribution in [0.15, 0.2) is 82.4 Å². The smallest absolute Gasteiger partial charge is 0.271 e. The molecule has 4 nitrogen and oxygen atoms in total. The normalized spacial score (nSPS) is 10.7. The fraction of sp³-hybridized carbons (Fsp3) is 0.0909. The summed E-state index contributed by atoms with van der Waals surface area (Å²) in [7, 11) is 0. The highest BCUT2D eigenvalue weighted by Crippen LogP contribution is 2.14. The van der Waals surface area contributed by atoms with Crippen LogP contribution in [0.1, 0.15) is 27.0 Å². The molecule has 3 aromatic carbocycles. The number of nitrogens with zero attached hydrogens (tertiary/aromatic N) is 1. The molecule has 0 fully saturated rings. The Hall–Kier alpha value is -2.92. The molecule has 1 amide bonds. The number of carbonyl (C=O) groups excluding carboxylic acids is 1. The minimum Gasteiger partial charge on any atom is -0.489 e. The minimum absolute atomic E-state index is 0.257. The van der Waals surface area contributed by atoms with Crippen molar-refractivity contribution in [2.45, 2.75) is 13.5 Å². The monoisotopic (exact) mass is 422 g/mol. The van der Waals surface area contributed by atoms with Gasteiger partial charge in [-0.05, 0) is 54.4 Å². The Morgan fingerprint density at radius 2 is 1.81 bits per heavy atom. The molecule has 27 heavy (non-hydrogen) atoms. The second-order valence-corrected chi connectivity index (χ2v) is 6.97. The highest BCUT2D eigenvalue weighted by Gasteiger charge is 2.04. The van der Waals surface area contributed by atoms with Crippen LogP contribution in [0.3, 0.4) is 0 Å². The van der Waals surface area contributed by atoms with Crippen LogP contribution in [-0.2, 0) is 6.61 Å². The Morgan fingerprint density at radius 1 is 1.07 bits per heavy atom. The van der Waals surface area contributed by atoms with Crippen molar-refractivity contribution >= 4 is 28.1 Å². The second-order valence-electron chi connectivity index (χ2n) is 6.05. The Labute approximate surface area is 167 Å². The van der Waals surface area contributed by atoms with Gasteiger partial charge in [-0.15, -0.1) is 0 Å². The van der Waals surface area contributed by atoms with Crippen molar-refractivity contribution in [1.29, 1.82) is 0 Å². The number of hydrogen-bond acceptors (Lipinski definition) is 3. The molecule has 0 aromatic heterocycles. The Kier molecular flexibility index (Phi) is 6.39. The summed E-state index contributed by atoms with van der Waals surface area (Å²) in [5.41, 5.74) is 6.16. The lowest BCUT2D eigenvalue weighted by molar-refractivity contribution is 0.0955. The zero-order valence-electron chi connectivity index (χ0n) is 14.9. The third-order valence-corrected chi connectivity index (χ3v) is 4.36. The van der Waals surface area contributed by atoms with E-state index in [9.17, 15) is 4.79 Å². The maximum Gasteiger partial charge on any atom is 0.271 e. The van der Waals surface area contributed by atoms with Gasteiger partial charge >= 0.3 is 0 Å². The Bertz CT molecular complexity index is 935. The molecule has 0 atom stereocenters. The van der Waals surface area contributed by atoms with Gasteiger partial charge in [0.2, 0.25) is 0 Å². The first-order valence-corrected chi connectivity index (χ1v) is 9.27. The van der Waals surface area contributed by atoms with Crippen LogP contribution in [0.4, 0.5) is 0 Å². The zero-order chi connectivity index (χ0) is 19.1. The number of amides is 1. The van der Waals surface area contributed by atoms with Crippen molar-refractivity contribution in [3.8, 4) is 5.75 Å². The summed E-state index contributed by atoms with van der Waals surface area (Å²) in [5.74, 6) is 0.566. The Balaban J connectivity index is 1.53. The predicted octanol–water partition coefficient (Wildman–Crippen LogP) is 5.10. The average Bonchev–Trinajstić information content (AvgIpc) is 2.68. The van der Waals surface area contributed by atoms with Crippen LogP contribution in [0.2, 0.25) is 0 Å². The number of aryl methyl sites for hydroxylation is 1. The highest BCUT2D eigenvalue weighted by molar-refractivity contribution is 9.10. The zero-order valence-corrected chi connectivity index (χ0v) is 16.4. The van der Waals surface area contributed by atoms with Crippen molar-refractivity contribution < 1.29 is 9.53 Å². The van der Waals surface area contributed by atoms with E-state index in [0.29, 0.717) is 12.2 Å². The first kappa shape index (κ1) is 18.9. The van der Waals surface area contributed by atoms with Crippen LogP contribution in [0.25, 0.3) is 0 Å². The SMILES string of the molecule is Cc1ccc(OCc2ccc(C(=O)N/N=C/c3cccc(Br)c3)cc2)cc1. The van der Waals surface area contributed by atoms with E-state index in [1.54, 1.807) is 18.3 Å². The van der Waals surface area contributed by atoms with Gasteiger partial charge in [-0.25, -0.2) is 5.43 Å². The lowest BCUT2D eigenvalue weighted by Crippen LogP contribution is -2.17. The number of halogens is 1. The molecular formula is C22H19BrN2O2. The summed E-state index contributed by atoms with van der Waals surface area (Å²) in [6.45, 7) is 2.49. The molecule has 136 valence electrons. The van der Waals surface area contributed by atoms with Crippen LogP contribution in [0.5, 0.6) is 5.75 Å². The van der Waals surface area contributed by atoms with E-state index in [1.807, 2.05) is 67.6 Å². The number of nitrogens with one attached hydrogen (secondary N) is 1.